The molecule has 4 heterocycles. The molecule has 4 rings (SSSR count). The number of fused-ring (bicyclic) bond motifs is 1. The summed E-state index contributed by atoms with van der Waals surface area (Å²) in [6, 6.07) is 4.40. The van der Waals surface area contributed by atoms with Gasteiger partial charge in [0.25, 0.3) is 0 Å². The highest BCUT2D eigenvalue weighted by molar-refractivity contribution is 5.61. The van der Waals surface area contributed by atoms with E-state index in [0.717, 1.165) is 54.4 Å². The normalized spacial score (nSPS) is 17.2. The minimum absolute atomic E-state index is 0.425. The molecular formula is C16H19N7. The van der Waals surface area contributed by atoms with E-state index in [2.05, 4.69) is 35.3 Å². The van der Waals surface area contributed by atoms with Crippen LogP contribution >= 0.6 is 0 Å². The van der Waals surface area contributed by atoms with Gasteiger partial charge in [-0.05, 0) is 25.5 Å². The third-order valence-corrected chi connectivity index (χ3v) is 4.38. The topological polar surface area (TPSA) is 84.3 Å². The second-order valence-electron chi connectivity index (χ2n) is 5.90. The molecular weight excluding hydrogens is 290 g/mol. The summed E-state index contributed by atoms with van der Waals surface area (Å²) in [4.78, 5) is 4.18. The third kappa shape index (κ3) is 2.75. The van der Waals surface area contributed by atoms with Crippen molar-refractivity contribution in [1.29, 1.82) is 0 Å². The van der Waals surface area contributed by atoms with E-state index < -0.39 is 0 Å². The van der Waals surface area contributed by atoms with Crippen LogP contribution in [0.5, 0.6) is 0 Å². The maximum atomic E-state index is 4.22. The van der Waals surface area contributed by atoms with E-state index in [4.69, 9.17) is 0 Å². The van der Waals surface area contributed by atoms with Gasteiger partial charge >= 0.3 is 0 Å². The van der Waals surface area contributed by atoms with Crippen molar-refractivity contribution in [2.45, 2.75) is 38.9 Å². The molecule has 3 aromatic heterocycles. The van der Waals surface area contributed by atoms with Crippen molar-refractivity contribution >= 4 is 0 Å². The zero-order chi connectivity index (χ0) is 15.6. The predicted molar refractivity (Wildman–Crippen MR) is 85.5 cm³/mol. The van der Waals surface area contributed by atoms with Crippen LogP contribution in [0.3, 0.4) is 0 Å². The lowest BCUT2D eigenvalue weighted by molar-refractivity contribution is 0.375. The first-order valence-corrected chi connectivity index (χ1v) is 7.86. The van der Waals surface area contributed by atoms with Crippen LogP contribution < -0.4 is 5.32 Å². The third-order valence-electron chi connectivity index (χ3n) is 4.38. The van der Waals surface area contributed by atoms with Gasteiger partial charge in [0.05, 0.1) is 11.9 Å². The van der Waals surface area contributed by atoms with Gasteiger partial charge in [-0.15, -0.1) is 10.2 Å². The van der Waals surface area contributed by atoms with E-state index in [1.165, 1.54) is 0 Å². The minimum atomic E-state index is 0.425. The van der Waals surface area contributed by atoms with Crippen molar-refractivity contribution in [3.05, 3.63) is 47.9 Å². The Labute approximate surface area is 134 Å². The number of aromatic amines is 1. The van der Waals surface area contributed by atoms with Crippen LogP contribution in [-0.4, -0.2) is 36.0 Å². The molecule has 0 bridgehead atoms. The lowest BCUT2D eigenvalue weighted by atomic mass is 10.1. The highest BCUT2D eigenvalue weighted by atomic mass is 15.3. The van der Waals surface area contributed by atoms with Crippen LogP contribution in [0, 0.1) is 6.92 Å². The van der Waals surface area contributed by atoms with Crippen LogP contribution in [0.25, 0.3) is 11.3 Å². The van der Waals surface area contributed by atoms with Crippen molar-refractivity contribution in [3.8, 4) is 11.3 Å². The maximum absolute atomic E-state index is 4.22. The van der Waals surface area contributed by atoms with Gasteiger partial charge in [-0.25, -0.2) is 0 Å². The fraction of sp³-hybridized carbons (Fsp3) is 0.375. The highest BCUT2D eigenvalue weighted by Gasteiger charge is 2.21. The van der Waals surface area contributed by atoms with Crippen LogP contribution in [0.4, 0.5) is 0 Å². The number of H-pyrrole nitrogens is 1. The predicted octanol–water partition coefficient (Wildman–Crippen LogP) is 1.48. The Kier molecular flexibility index (Phi) is 3.63. The number of hydrogen-bond donors (Lipinski definition) is 2. The van der Waals surface area contributed by atoms with E-state index in [1.807, 2.05) is 31.5 Å². The Bertz CT molecular complexity index is 790. The molecule has 0 aromatic carbocycles. The summed E-state index contributed by atoms with van der Waals surface area (Å²) in [5.74, 6) is 2.09. The quantitative estimate of drug-likeness (QED) is 0.762. The Morgan fingerprint density at radius 3 is 3.17 bits per heavy atom. The van der Waals surface area contributed by atoms with Gasteiger partial charge in [0.2, 0.25) is 0 Å². The number of nitrogens with one attached hydrogen (secondary N) is 2. The van der Waals surface area contributed by atoms with E-state index in [9.17, 15) is 0 Å². The Balaban J connectivity index is 1.45. The number of aromatic nitrogens is 6. The summed E-state index contributed by atoms with van der Waals surface area (Å²) < 4.78 is 2.21. The highest BCUT2D eigenvalue weighted by Crippen LogP contribution is 2.20. The van der Waals surface area contributed by atoms with Crippen LogP contribution in [0.1, 0.15) is 23.6 Å². The molecule has 0 radical (unpaired) electrons. The molecule has 7 heteroatoms. The molecule has 7 nitrogen and oxygen atoms in total. The molecule has 0 spiro atoms. The number of pyridine rings is 1. The van der Waals surface area contributed by atoms with Gasteiger partial charge in [-0.2, -0.15) is 5.10 Å². The number of rotatable bonds is 4. The lowest BCUT2D eigenvalue weighted by Gasteiger charge is -2.25. The van der Waals surface area contributed by atoms with Gasteiger partial charge in [-0.3, -0.25) is 10.1 Å². The zero-order valence-corrected chi connectivity index (χ0v) is 13.0. The molecule has 23 heavy (non-hydrogen) atoms. The second kappa shape index (κ2) is 5.92. The molecule has 1 aliphatic heterocycles. The SMILES string of the molecule is Cc1nnc2n1C[C@@H](NCc1cn[nH]c1-c1cccnc1)CC2. The molecule has 3 aromatic rings. The molecule has 0 aliphatic carbocycles. The van der Waals surface area contributed by atoms with Gasteiger partial charge in [0, 0.05) is 49.1 Å². The smallest absolute Gasteiger partial charge is 0.133 e. The molecule has 2 N–H and O–H groups in total. The standard InChI is InChI=1S/C16H19N7/c1-11-20-21-15-5-4-14(10-23(11)15)18-8-13-9-19-22-16(13)12-3-2-6-17-7-12/h2-3,6-7,9,14,18H,4-5,8,10H2,1H3,(H,19,22)/t14-/m0/s1. The summed E-state index contributed by atoms with van der Waals surface area (Å²) in [5.41, 5.74) is 3.24. The molecule has 118 valence electrons. The van der Waals surface area contributed by atoms with Crippen molar-refractivity contribution in [1.82, 2.24) is 35.3 Å². The van der Waals surface area contributed by atoms with Crippen LogP contribution in [0.2, 0.25) is 0 Å². The first-order chi connectivity index (χ1) is 11.3. The minimum Gasteiger partial charge on any atom is -0.314 e. The van der Waals surface area contributed by atoms with Crippen molar-refractivity contribution < 1.29 is 0 Å². The van der Waals surface area contributed by atoms with E-state index >= 15 is 0 Å². The molecule has 0 saturated heterocycles. The molecule has 0 fully saturated rings. The average molecular weight is 309 g/mol. The van der Waals surface area contributed by atoms with E-state index in [-0.39, 0.29) is 0 Å². The molecule has 1 aliphatic rings. The fourth-order valence-electron chi connectivity index (χ4n) is 3.09. The van der Waals surface area contributed by atoms with Crippen molar-refractivity contribution in [2.75, 3.05) is 0 Å². The Morgan fingerprint density at radius 2 is 2.30 bits per heavy atom. The summed E-state index contributed by atoms with van der Waals surface area (Å²) in [6.45, 7) is 3.71. The molecule has 0 amide bonds. The maximum Gasteiger partial charge on any atom is 0.133 e. The van der Waals surface area contributed by atoms with Gasteiger partial charge in [-0.1, -0.05) is 0 Å². The number of nitrogens with zero attached hydrogens (tertiary/aromatic N) is 5. The number of hydrogen-bond acceptors (Lipinski definition) is 5. The first-order valence-electron chi connectivity index (χ1n) is 7.86. The van der Waals surface area contributed by atoms with Gasteiger partial charge in [0.1, 0.15) is 11.6 Å². The molecule has 0 unspecified atom stereocenters. The second-order valence-corrected chi connectivity index (χ2v) is 5.90. The van der Waals surface area contributed by atoms with E-state index in [1.54, 1.807) is 6.20 Å². The zero-order valence-electron chi connectivity index (χ0n) is 13.0. The average Bonchev–Trinajstić information content (AvgIpc) is 3.21. The monoisotopic (exact) mass is 309 g/mol. The summed E-state index contributed by atoms with van der Waals surface area (Å²) in [7, 11) is 0. The number of aryl methyl sites for hydroxylation is 2. The van der Waals surface area contributed by atoms with Crippen molar-refractivity contribution in [3.63, 3.8) is 0 Å². The largest absolute Gasteiger partial charge is 0.314 e. The Morgan fingerprint density at radius 1 is 1.35 bits per heavy atom. The van der Waals surface area contributed by atoms with Gasteiger partial charge < -0.3 is 9.88 Å². The summed E-state index contributed by atoms with van der Waals surface area (Å²) in [5, 5.41) is 19.3. The van der Waals surface area contributed by atoms with E-state index in [0.29, 0.717) is 6.04 Å². The van der Waals surface area contributed by atoms with Crippen LogP contribution in [0.15, 0.2) is 30.7 Å². The molecule has 1 atom stereocenters. The lowest BCUT2D eigenvalue weighted by Crippen LogP contribution is -2.37. The van der Waals surface area contributed by atoms with Crippen molar-refractivity contribution in [2.24, 2.45) is 0 Å². The fourth-order valence-corrected chi connectivity index (χ4v) is 3.09. The molecule has 0 saturated carbocycles. The summed E-state index contributed by atoms with van der Waals surface area (Å²) in [6.07, 6.45) is 7.56. The summed E-state index contributed by atoms with van der Waals surface area (Å²) >= 11 is 0. The Hall–Kier alpha value is -2.54. The van der Waals surface area contributed by atoms with Crippen LogP contribution in [-0.2, 0) is 19.5 Å². The first kappa shape index (κ1) is 14.1. The van der Waals surface area contributed by atoms with Gasteiger partial charge in [0.15, 0.2) is 0 Å².